The average molecular weight is 605 g/mol. The van der Waals surface area contributed by atoms with Crippen LogP contribution in [0.5, 0.6) is 0 Å². The Kier molecular flexibility index (Phi) is 11.0. The van der Waals surface area contributed by atoms with Gasteiger partial charge in [-0.3, -0.25) is 13.9 Å². The molecule has 0 heterocycles. The molecule has 0 saturated carbocycles. The van der Waals surface area contributed by atoms with E-state index in [1.807, 2.05) is 44.2 Å². The van der Waals surface area contributed by atoms with Crippen LogP contribution in [0.4, 0.5) is 5.69 Å². The Balaban J connectivity index is 2.10. The lowest BCUT2D eigenvalue weighted by Crippen LogP contribution is -2.53. The molecule has 1 unspecified atom stereocenters. The molecular weight excluding hydrogens is 569 g/mol. The van der Waals surface area contributed by atoms with Gasteiger partial charge in [-0.15, -0.1) is 0 Å². The van der Waals surface area contributed by atoms with Gasteiger partial charge in [-0.1, -0.05) is 91.6 Å². The third-order valence-electron chi connectivity index (χ3n) is 6.41. The molecule has 0 aliphatic heterocycles. The summed E-state index contributed by atoms with van der Waals surface area (Å²) in [5.74, 6) is -0.730. The molecule has 214 valence electrons. The van der Waals surface area contributed by atoms with E-state index in [9.17, 15) is 18.0 Å². The zero-order valence-electron chi connectivity index (χ0n) is 23.1. The second-order valence-corrected chi connectivity index (χ2v) is 12.8. The van der Waals surface area contributed by atoms with Crippen LogP contribution in [-0.4, -0.2) is 50.5 Å². The maximum Gasteiger partial charge on any atom is 0.244 e. The summed E-state index contributed by atoms with van der Waals surface area (Å²) in [5.41, 5.74) is 2.39. The maximum absolute atomic E-state index is 14.1. The molecule has 0 fully saturated rings. The van der Waals surface area contributed by atoms with Crippen LogP contribution in [-0.2, 0) is 32.6 Å². The number of nitrogens with zero attached hydrogens (tertiary/aromatic N) is 2. The molecular formula is C30H35Cl2N3O4S. The fraction of sp³-hybridized carbons (Fsp3) is 0.333. The number of para-hydroxylation sites is 1. The molecule has 7 nitrogen and oxygen atoms in total. The van der Waals surface area contributed by atoms with E-state index in [0.29, 0.717) is 33.4 Å². The van der Waals surface area contributed by atoms with Gasteiger partial charge in [-0.05, 0) is 42.2 Å². The van der Waals surface area contributed by atoms with Crippen molar-refractivity contribution in [3.63, 3.8) is 0 Å². The number of halogens is 2. The topological polar surface area (TPSA) is 86.8 Å². The normalized spacial score (nSPS) is 12.2. The molecule has 0 spiro atoms. The monoisotopic (exact) mass is 603 g/mol. The number of carbonyl (C=O) groups excluding carboxylic acids is 2. The molecule has 10 heteroatoms. The van der Waals surface area contributed by atoms with Crippen molar-refractivity contribution in [2.45, 2.75) is 39.8 Å². The second kappa shape index (κ2) is 14.0. The Morgan fingerprint density at radius 3 is 2.08 bits per heavy atom. The van der Waals surface area contributed by atoms with Gasteiger partial charge >= 0.3 is 0 Å². The summed E-state index contributed by atoms with van der Waals surface area (Å²) < 4.78 is 26.9. The smallest absolute Gasteiger partial charge is 0.244 e. The molecule has 40 heavy (non-hydrogen) atoms. The highest BCUT2D eigenvalue weighted by molar-refractivity contribution is 7.92. The number of hydrogen-bond acceptors (Lipinski definition) is 4. The quantitative estimate of drug-likeness (QED) is 0.297. The Bertz CT molecular complexity index is 1410. The van der Waals surface area contributed by atoms with E-state index < -0.39 is 28.5 Å². The first-order valence-corrected chi connectivity index (χ1v) is 15.6. The first-order chi connectivity index (χ1) is 18.9. The van der Waals surface area contributed by atoms with Crippen LogP contribution in [0.1, 0.15) is 30.5 Å². The minimum atomic E-state index is -3.85. The fourth-order valence-electron chi connectivity index (χ4n) is 4.27. The summed E-state index contributed by atoms with van der Waals surface area (Å²) in [6.45, 7) is 5.55. The average Bonchev–Trinajstić information content (AvgIpc) is 2.89. The lowest BCUT2D eigenvalue weighted by molar-refractivity contribution is -0.140. The number of nitrogens with one attached hydrogen (secondary N) is 1. The van der Waals surface area contributed by atoms with Gasteiger partial charge in [-0.25, -0.2) is 8.42 Å². The van der Waals surface area contributed by atoms with Crippen molar-refractivity contribution in [3.8, 4) is 0 Å². The molecule has 1 N–H and O–H groups in total. The van der Waals surface area contributed by atoms with Gasteiger partial charge in [0.15, 0.2) is 0 Å². The highest BCUT2D eigenvalue weighted by Crippen LogP contribution is 2.28. The van der Waals surface area contributed by atoms with E-state index in [1.165, 1.54) is 4.90 Å². The maximum atomic E-state index is 14.1. The van der Waals surface area contributed by atoms with E-state index in [-0.39, 0.29) is 24.8 Å². The van der Waals surface area contributed by atoms with Gasteiger partial charge < -0.3 is 10.2 Å². The van der Waals surface area contributed by atoms with Crippen molar-refractivity contribution >= 4 is 50.7 Å². The number of amides is 2. The van der Waals surface area contributed by atoms with Crippen molar-refractivity contribution < 1.29 is 18.0 Å². The lowest BCUT2D eigenvalue weighted by atomic mass is 10.0. The van der Waals surface area contributed by atoms with E-state index >= 15 is 0 Å². The Labute approximate surface area is 247 Å². The molecule has 0 aliphatic carbocycles. The van der Waals surface area contributed by atoms with Gasteiger partial charge in [-0.2, -0.15) is 0 Å². The molecule has 2 amide bonds. The van der Waals surface area contributed by atoms with E-state index in [0.717, 1.165) is 16.1 Å². The van der Waals surface area contributed by atoms with Crippen LogP contribution in [0.2, 0.25) is 10.0 Å². The molecule has 3 rings (SSSR count). The van der Waals surface area contributed by atoms with E-state index in [2.05, 4.69) is 5.32 Å². The Morgan fingerprint density at radius 1 is 0.900 bits per heavy atom. The van der Waals surface area contributed by atoms with Gasteiger partial charge in [0.05, 0.1) is 11.9 Å². The zero-order valence-corrected chi connectivity index (χ0v) is 25.4. The minimum Gasteiger partial charge on any atom is -0.354 e. The molecule has 1 atom stereocenters. The lowest BCUT2D eigenvalue weighted by Gasteiger charge is -2.34. The summed E-state index contributed by atoms with van der Waals surface area (Å²) in [6, 6.07) is 20.3. The Hall–Kier alpha value is -3.07. The highest BCUT2D eigenvalue weighted by Gasteiger charge is 2.34. The SMILES string of the molecule is Cc1ccccc1N(CC(=O)N(Cc1c(Cl)cccc1Cl)C(Cc1ccccc1)C(=O)NCC(C)C)S(C)(=O)=O. The van der Waals surface area contributed by atoms with Crippen LogP contribution in [0, 0.1) is 12.8 Å². The predicted molar refractivity (Wildman–Crippen MR) is 162 cm³/mol. The molecule has 3 aromatic rings. The van der Waals surface area contributed by atoms with Gasteiger partial charge in [0.25, 0.3) is 0 Å². The molecule has 0 saturated heterocycles. The number of benzene rings is 3. The van der Waals surface area contributed by atoms with Gasteiger partial charge in [0.2, 0.25) is 21.8 Å². The van der Waals surface area contributed by atoms with Crippen molar-refractivity contribution in [2.24, 2.45) is 5.92 Å². The summed E-state index contributed by atoms with van der Waals surface area (Å²) in [6.07, 6.45) is 1.26. The van der Waals surface area contributed by atoms with Crippen molar-refractivity contribution in [2.75, 3.05) is 23.7 Å². The number of carbonyl (C=O) groups is 2. The van der Waals surface area contributed by atoms with E-state index in [1.54, 1.807) is 49.4 Å². The fourth-order valence-corrected chi connectivity index (χ4v) is 5.69. The number of rotatable bonds is 12. The zero-order chi connectivity index (χ0) is 29.4. The predicted octanol–water partition coefficient (Wildman–Crippen LogP) is 5.48. The molecule has 3 aromatic carbocycles. The number of sulfonamides is 1. The first-order valence-electron chi connectivity index (χ1n) is 13.0. The molecule has 0 aromatic heterocycles. The van der Waals surface area contributed by atoms with Crippen LogP contribution < -0.4 is 9.62 Å². The standard InChI is InChI=1S/C30H35Cl2N3O4S/c1-21(2)18-33-30(37)28(17-23-12-6-5-7-13-23)34(19-24-25(31)14-10-15-26(24)32)29(36)20-35(40(4,38)39)27-16-9-8-11-22(27)3/h5-16,21,28H,17-20H2,1-4H3,(H,33,37). The number of aryl methyl sites for hydroxylation is 1. The minimum absolute atomic E-state index is 0.0880. The molecule has 0 radical (unpaired) electrons. The van der Waals surface area contributed by atoms with Crippen LogP contribution in [0.3, 0.4) is 0 Å². The third kappa shape index (κ3) is 8.46. The van der Waals surface area contributed by atoms with Crippen LogP contribution in [0.15, 0.2) is 72.8 Å². The number of hydrogen-bond donors (Lipinski definition) is 1. The van der Waals surface area contributed by atoms with Crippen molar-refractivity contribution in [1.29, 1.82) is 0 Å². The van der Waals surface area contributed by atoms with E-state index in [4.69, 9.17) is 23.2 Å². The first kappa shape index (κ1) is 31.5. The summed E-state index contributed by atoms with van der Waals surface area (Å²) in [4.78, 5) is 29.2. The molecule has 0 bridgehead atoms. The van der Waals surface area contributed by atoms with Crippen LogP contribution >= 0.6 is 23.2 Å². The summed E-state index contributed by atoms with van der Waals surface area (Å²) in [7, 11) is -3.85. The van der Waals surface area contributed by atoms with Crippen molar-refractivity contribution in [3.05, 3.63) is 99.5 Å². The number of anilines is 1. The van der Waals surface area contributed by atoms with Crippen molar-refractivity contribution in [1.82, 2.24) is 10.2 Å². The Morgan fingerprint density at radius 2 is 1.50 bits per heavy atom. The largest absolute Gasteiger partial charge is 0.354 e. The molecule has 0 aliphatic rings. The van der Waals surface area contributed by atoms with Crippen LogP contribution in [0.25, 0.3) is 0 Å². The summed E-state index contributed by atoms with van der Waals surface area (Å²) in [5, 5.41) is 3.62. The third-order valence-corrected chi connectivity index (χ3v) is 8.24. The summed E-state index contributed by atoms with van der Waals surface area (Å²) >= 11 is 13.0. The van der Waals surface area contributed by atoms with Gasteiger partial charge in [0, 0.05) is 35.1 Å². The van der Waals surface area contributed by atoms with Gasteiger partial charge in [0.1, 0.15) is 12.6 Å². The highest BCUT2D eigenvalue weighted by atomic mass is 35.5. The second-order valence-electron chi connectivity index (χ2n) is 10.1.